The highest BCUT2D eigenvalue weighted by atomic mass is 16.2. The summed E-state index contributed by atoms with van der Waals surface area (Å²) in [6, 6.07) is 12.5. The van der Waals surface area contributed by atoms with Crippen LogP contribution in [-0.2, 0) is 4.79 Å². The first kappa shape index (κ1) is 17.9. The van der Waals surface area contributed by atoms with E-state index in [1.54, 1.807) is 22.0 Å². The van der Waals surface area contributed by atoms with Crippen molar-refractivity contribution in [3.8, 4) is 5.69 Å². The van der Waals surface area contributed by atoms with E-state index in [1.165, 1.54) is 6.33 Å². The molecule has 1 aliphatic heterocycles. The Labute approximate surface area is 163 Å². The van der Waals surface area contributed by atoms with Crippen LogP contribution in [0, 0.1) is 13.8 Å². The molecule has 1 atom stereocenters. The molecule has 3 aromatic rings. The number of aryl methyl sites for hydroxylation is 2. The SMILES string of the molecule is Cc1ccccc1C1C(=O)NCCN1C(=O)c1ccc(-n2cncn2)c(C)c1. The summed E-state index contributed by atoms with van der Waals surface area (Å²) in [5, 5.41) is 7.02. The predicted molar refractivity (Wildman–Crippen MR) is 104 cm³/mol. The Morgan fingerprint density at radius 3 is 2.68 bits per heavy atom. The molecule has 1 aliphatic rings. The number of rotatable bonds is 3. The fraction of sp³-hybridized carbons (Fsp3) is 0.238. The van der Waals surface area contributed by atoms with Crippen LogP contribution < -0.4 is 5.32 Å². The molecule has 0 radical (unpaired) electrons. The van der Waals surface area contributed by atoms with Gasteiger partial charge in [0, 0.05) is 18.7 Å². The maximum absolute atomic E-state index is 13.3. The van der Waals surface area contributed by atoms with E-state index in [9.17, 15) is 9.59 Å². The molecule has 1 unspecified atom stereocenters. The van der Waals surface area contributed by atoms with Crippen molar-refractivity contribution in [2.75, 3.05) is 13.1 Å². The molecule has 28 heavy (non-hydrogen) atoms. The van der Waals surface area contributed by atoms with Crippen LogP contribution in [0.4, 0.5) is 0 Å². The Hall–Kier alpha value is -3.48. The van der Waals surface area contributed by atoms with Crippen molar-refractivity contribution in [3.05, 3.63) is 77.4 Å². The molecular weight excluding hydrogens is 354 g/mol. The Balaban J connectivity index is 1.68. The second-order valence-corrected chi connectivity index (χ2v) is 6.89. The van der Waals surface area contributed by atoms with Gasteiger partial charge >= 0.3 is 0 Å². The van der Waals surface area contributed by atoms with Crippen molar-refractivity contribution < 1.29 is 9.59 Å². The van der Waals surface area contributed by atoms with Gasteiger partial charge in [-0.05, 0) is 48.7 Å². The van der Waals surface area contributed by atoms with Crippen LogP contribution in [0.5, 0.6) is 0 Å². The molecule has 1 fully saturated rings. The Morgan fingerprint density at radius 2 is 1.96 bits per heavy atom. The molecule has 142 valence electrons. The third-order valence-electron chi connectivity index (χ3n) is 5.07. The van der Waals surface area contributed by atoms with Crippen molar-refractivity contribution in [1.82, 2.24) is 25.0 Å². The third kappa shape index (κ3) is 3.15. The standard InChI is InChI=1S/C21H21N5O2/c1-14-5-3-4-6-17(14)19-20(27)23-9-10-25(19)21(28)16-7-8-18(15(2)11-16)26-13-22-12-24-26/h3-8,11-13,19H,9-10H2,1-2H3,(H,23,27). The molecule has 0 spiro atoms. The second-order valence-electron chi connectivity index (χ2n) is 6.89. The summed E-state index contributed by atoms with van der Waals surface area (Å²) in [6.07, 6.45) is 3.09. The highest BCUT2D eigenvalue weighted by Gasteiger charge is 2.35. The fourth-order valence-electron chi connectivity index (χ4n) is 3.63. The van der Waals surface area contributed by atoms with Crippen LogP contribution >= 0.6 is 0 Å². The summed E-state index contributed by atoms with van der Waals surface area (Å²) in [5.41, 5.74) is 4.16. The molecule has 0 aliphatic carbocycles. The lowest BCUT2D eigenvalue weighted by Crippen LogP contribution is -2.52. The summed E-state index contributed by atoms with van der Waals surface area (Å²) in [5.74, 6) is -0.304. The molecular formula is C21H21N5O2. The molecule has 2 amide bonds. The monoisotopic (exact) mass is 375 g/mol. The average Bonchev–Trinajstić information content (AvgIpc) is 3.22. The lowest BCUT2D eigenvalue weighted by Gasteiger charge is -2.36. The van der Waals surface area contributed by atoms with Gasteiger partial charge in [-0.15, -0.1) is 0 Å². The van der Waals surface area contributed by atoms with Crippen LogP contribution in [0.2, 0.25) is 0 Å². The van der Waals surface area contributed by atoms with Gasteiger partial charge in [-0.3, -0.25) is 9.59 Å². The van der Waals surface area contributed by atoms with Gasteiger partial charge < -0.3 is 10.2 Å². The van der Waals surface area contributed by atoms with Crippen LogP contribution in [0.25, 0.3) is 5.69 Å². The smallest absolute Gasteiger partial charge is 0.254 e. The largest absolute Gasteiger partial charge is 0.352 e. The Morgan fingerprint density at radius 1 is 1.14 bits per heavy atom. The number of nitrogens with zero attached hydrogens (tertiary/aromatic N) is 4. The first-order valence-electron chi connectivity index (χ1n) is 9.16. The molecule has 2 heterocycles. The normalized spacial score (nSPS) is 16.7. The third-order valence-corrected chi connectivity index (χ3v) is 5.07. The van der Waals surface area contributed by atoms with E-state index in [-0.39, 0.29) is 11.8 Å². The number of carbonyl (C=O) groups excluding carboxylic acids is 2. The minimum Gasteiger partial charge on any atom is -0.352 e. The summed E-state index contributed by atoms with van der Waals surface area (Å²) >= 11 is 0. The number of hydrogen-bond donors (Lipinski definition) is 1. The minimum absolute atomic E-state index is 0.148. The van der Waals surface area contributed by atoms with Gasteiger partial charge in [0.25, 0.3) is 5.91 Å². The number of hydrogen-bond acceptors (Lipinski definition) is 4. The lowest BCUT2D eigenvalue weighted by molar-refractivity contribution is -0.128. The number of aromatic nitrogens is 3. The van der Waals surface area contributed by atoms with Gasteiger partial charge in [-0.2, -0.15) is 5.10 Å². The van der Waals surface area contributed by atoms with Gasteiger partial charge in [-0.1, -0.05) is 24.3 Å². The zero-order chi connectivity index (χ0) is 19.7. The van der Waals surface area contributed by atoms with Gasteiger partial charge in [0.1, 0.15) is 18.7 Å². The Bertz CT molecular complexity index is 1030. The second kappa shape index (κ2) is 7.26. The number of nitrogens with one attached hydrogen (secondary N) is 1. The van der Waals surface area contributed by atoms with Crippen LogP contribution in [0.3, 0.4) is 0 Å². The fourth-order valence-corrected chi connectivity index (χ4v) is 3.63. The van der Waals surface area contributed by atoms with E-state index >= 15 is 0 Å². The molecule has 1 aromatic heterocycles. The molecule has 4 rings (SSSR count). The zero-order valence-electron chi connectivity index (χ0n) is 15.8. The van der Waals surface area contributed by atoms with Crippen LogP contribution in [0.1, 0.15) is 33.1 Å². The topological polar surface area (TPSA) is 80.1 Å². The quantitative estimate of drug-likeness (QED) is 0.761. The van der Waals surface area contributed by atoms with Gasteiger partial charge in [0.05, 0.1) is 5.69 Å². The average molecular weight is 375 g/mol. The number of carbonyl (C=O) groups is 2. The van der Waals surface area contributed by atoms with Crippen molar-refractivity contribution in [3.63, 3.8) is 0 Å². The molecule has 1 N–H and O–H groups in total. The zero-order valence-corrected chi connectivity index (χ0v) is 15.8. The molecule has 2 aromatic carbocycles. The maximum atomic E-state index is 13.3. The number of amides is 2. The first-order chi connectivity index (χ1) is 13.6. The van der Waals surface area contributed by atoms with Gasteiger partial charge in [0.15, 0.2) is 0 Å². The van der Waals surface area contributed by atoms with E-state index < -0.39 is 6.04 Å². The van der Waals surface area contributed by atoms with Gasteiger partial charge in [-0.25, -0.2) is 9.67 Å². The van der Waals surface area contributed by atoms with Gasteiger partial charge in [0.2, 0.25) is 5.91 Å². The molecule has 7 heteroatoms. The van der Waals surface area contributed by atoms with Crippen molar-refractivity contribution >= 4 is 11.8 Å². The maximum Gasteiger partial charge on any atom is 0.254 e. The van der Waals surface area contributed by atoms with Crippen molar-refractivity contribution in [1.29, 1.82) is 0 Å². The van der Waals surface area contributed by atoms with E-state index in [0.29, 0.717) is 18.7 Å². The van der Waals surface area contributed by atoms with Crippen LogP contribution in [-0.4, -0.2) is 44.6 Å². The first-order valence-corrected chi connectivity index (χ1v) is 9.16. The summed E-state index contributed by atoms with van der Waals surface area (Å²) in [7, 11) is 0. The molecule has 7 nitrogen and oxygen atoms in total. The summed E-state index contributed by atoms with van der Waals surface area (Å²) in [6.45, 7) is 4.79. The van der Waals surface area contributed by atoms with E-state index in [2.05, 4.69) is 15.4 Å². The predicted octanol–water partition coefficient (Wildman–Crippen LogP) is 2.20. The number of piperazine rings is 1. The highest BCUT2D eigenvalue weighted by molar-refractivity contribution is 5.99. The molecule has 1 saturated heterocycles. The van der Waals surface area contributed by atoms with Crippen LogP contribution in [0.15, 0.2) is 55.1 Å². The van der Waals surface area contributed by atoms with E-state index in [0.717, 1.165) is 22.4 Å². The minimum atomic E-state index is -0.627. The molecule has 0 saturated carbocycles. The van der Waals surface area contributed by atoms with E-state index in [4.69, 9.17) is 0 Å². The Kier molecular flexibility index (Phi) is 4.65. The summed E-state index contributed by atoms with van der Waals surface area (Å²) in [4.78, 5) is 31.6. The van der Waals surface area contributed by atoms with Crippen molar-refractivity contribution in [2.24, 2.45) is 0 Å². The number of benzene rings is 2. The van der Waals surface area contributed by atoms with E-state index in [1.807, 2.05) is 50.2 Å². The lowest BCUT2D eigenvalue weighted by atomic mass is 9.96. The highest BCUT2D eigenvalue weighted by Crippen LogP contribution is 2.28. The molecule has 0 bridgehead atoms. The van der Waals surface area contributed by atoms with Crippen molar-refractivity contribution in [2.45, 2.75) is 19.9 Å². The summed E-state index contributed by atoms with van der Waals surface area (Å²) < 4.78 is 1.66.